The van der Waals surface area contributed by atoms with Gasteiger partial charge in [0.25, 0.3) is 0 Å². The zero-order chi connectivity index (χ0) is 14.7. The minimum Gasteiger partial charge on any atom is -0.496 e. The molecular formula is C15H19N3O3. The van der Waals surface area contributed by atoms with Crippen molar-refractivity contribution in [2.45, 2.75) is 6.54 Å². The van der Waals surface area contributed by atoms with Gasteiger partial charge in [0, 0.05) is 36.8 Å². The molecule has 1 saturated heterocycles. The third kappa shape index (κ3) is 3.17. The first-order chi connectivity index (χ1) is 10.3. The Hall–Kier alpha value is -2.05. The van der Waals surface area contributed by atoms with Gasteiger partial charge in [-0.25, -0.2) is 0 Å². The second-order valence-corrected chi connectivity index (χ2v) is 5.03. The fourth-order valence-electron chi connectivity index (χ4n) is 2.48. The van der Waals surface area contributed by atoms with Crippen molar-refractivity contribution in [2.24, 2.45) is 0 Å². The third-order valence-corrected chi connectivity index (χ3v) is 3.59. The number of hydrogen-bond donors (Lipinski definition) is 1. The molecule has 0 amide bonds. The predicted molar refractivity (Wildman–Crippen MR) is 79.0 cm³/mol. The van der Waals surface area contributed by atoms with E-state index >= 15 is 0 Å². The molecule has 0 saturated carbocycles. The number of hydrogen-bond acceptors (Lipinski definition) is 6. The Morgan fingerprint density at radius 1 is 1.29 bits per heavy atom. The number of ether oxygens (including phenoxy) is 2. The molecule has 0 aliphatic carbocycles. The van der Waals surface area contributed by atoms with Gasteiger partial charge in [0.15, 0.2) is 11.6 Å². The molecule has 1 aromatic heterocycles. The van der Waals surface area contributed by atoms with Gasteiger partial charge in [-0.2, -0.15) is 0 Å². The Morgan fingerprint density at radius 3 is 2.76 bits per heavy atom. The van der Waals surface area contributed by atoms with Crippen LogP contribution >= 0.6 is 0 Å². The van der Waals surface area contributed by atoms with Crippen LogP contribution in [0.3, 0.4) is 0 Å². The lowest BCUT2D eigenvalue weighted by molar-refractivity contribution is 0.0339. The quantitative estimate of drug-likeness (QED) is 0.924. The Bertz CT molecular complexity index is 606. The fourth-order valence-corrected chi connectivity index (χ4v) is 2.48. The molecule has 1 fully saturated rings. The normalized spacial score (nSPS) is 16.0. The van der Waals surface area contributed by atoms with Crippen LogP contribution < -0.4 is 10.5 Å². The van der Waals surface area contributed by atoms with Crippen molar-refractivity contribution in [2.75, 3.05) is 39.1 Å². The van der Waals surface area contributed by atoms with Crippen molar-refractivity contribution in [3.05, 3.63) is 29.8 Å². The molecular weight excluding hydrogens is 270 g/mol. The first-order valence-corrected chi connectivity index (χ1v) is 6.96. The Labute approximate surface area is 123 Å². The van der Waals surface area contributed by atoms with Crippen LogP contribution in [0.25, 0.3) is 11.3 Å². The Morgan fingerprint density at radius 2 is 2.10 bits per heavy atom. The van der Waals surface area contributed by atoms with Crippen LogP contribution in [0.5, 0.6) is 5.75 Å². The minimum atomic E-state index is 0.385. The molecule has 21 heavy (non-hydrogen) atoms. The van der Waals surface area contributed by atoms with Gasteiger partial charge in [-0.3, -0.25) is 4.90 Å². The van der Waals surface area contributed by atoms with E-state index in [1.54, 1.807) is 13.2 Å². The largest absolute Gasteiger partial charge is 0.496 e. The average molecular weight is 289 g/mol. The van der Waals surface area contributed by atoms with Gasteiger partial charge in [0.2, 0.25) is 0 Å². The standard InChI is InChI=1S/C15H19N3O3/c1-19-13-3-2-11(14-9-15(16)17-21-14)8-12(13)10-18-4-6-20-7-5-18/h2-3,8-9H,4-7,10H2,1H3,(H2,16,17). The molecule has 3 rings (SSSR count). The van der Waals surface area contributed by atoms with E-state index in [4.69, 9.17) is 19.7 Å². The lowest BCUT2D eigenvalue weighted by Gasteiger charge is -2.27. The average Bonchev–Trinajstić information content (AvgIpc) is 2.95. The van der Waals surface area contributed by atoms with Crippen molar-refractivity contribution < 1.29 is 14.0 Å². The van der Waals surface area contributed by atoms with Crippen molar-refractivity contribution in [3.63, 3.8) is 0 Å². The summed E-state index contributed by atoms with van der Waals surface area (Å²) in [5.41, 5.74) is 7.67. The molecule has 2 aromatic rings. The summed E-state index contributed by atoms with van der Waals surface area (Å²) in [5.74, 6) is 1.92. The maximum absolute atomic E-state index is 5.61. The van der Waals surface area contributed by atoms with Gasteiger partial charge < -0.3 is 19.7 Å². The number of benzene rings is 1. The summed E-state index contributed by atoms with van der Waals surface area (Å²) < 4.78 is 16.1. The molecule has 2 N–H and O–H groups in total. The lowest BCUT2D eigenvalue weighted by Crippen LogP contribution is -2.35. The number of nitrogen functional groups attached to an aromatic ring is 1. The second kappa shape index (κ2) is 6.15. The zero-order valence-electron chi connectivity index (χ0n) is 12.0. The number of anilines is 1. The van der Waals surface area contributed by atoms with E-state index in [1.807, 2.05) is 12.1 Å². The van der Waals surface area contributed by atoms with Crippen LogP contribution in [0.4, 0.5) is 5.82 Å². The number of nitrogens with two attached hydrogens (primary N) is 1. The zero-order valence-corrected chi connectivity index (χ0v) is 12.0. The number of nitrogens with zero attached hydrogens (tertiary/aromatic N) is 2. The topological polar surface area (TPSA) is 73.8 Å². The van der Waals surface area contributed by atoms with E-state index in [0.29, 0.717) is 11.6 Å². The van der Waals surface area contributed by atoms with Crippen molar-refractivity contribution in [1.82, 2.24) is 10.1 Å². The van der Waals surface area contributed by atoms with Crippen LogP contribution in [0, 0.1) is 0 Å². The van der Waals surface area contributed by atoms with E-state index in [2.05, 4.69) is 16.1 Å². The van der Waals surface area contributed by atoms with E-state index in [0.717, 1.165) is 49.7 Å². The molecule has 0 atom stereocenters. The fraction of sp³-hybridized carbons (Fsp3) is 0.400. The molecule has 6 nitrogen and oxygen atoms in total. The number of rotatable bonds is 4. The Kier molecular flexibility index (Phi) is 4.08. The Balaban J connectivity index is 1.86. The highest BCUT2D eigenvalue weighted by atomic mass is 16.5. The smallest absolute Gasteiger partial charge is 0.169 e. The first-order valence-electron chi connectivity index (χ1n) is 6.96. The first kappa shape index (κ1) is 13.9. The van der Waals surface area contributed by atoms with Gasteiger partial charge in [0.05, 0.1) is 20.3 Å². The lowest BCUT2D eigenvalue weighted by atomic mass is 10.1. The summed E-state index contributed by atoms with van der Waals surface area (Å²) >= 11 is 0. The SMILES string of the molecule is COc1ccc(-c2cc(N)no2)cc1CN1CCOCC1. The number of aromatic nitrogens is 1. The van der Waals surface area contributed by atoms with Crippen molar-refractivity contribution >= 4 is 5.82 Å². The van der Waals surface area contributed by atoms with Gasteiger partial charge in [-0.05, 0) is 18.2 Å². The minimum absolute atomic E-state index is 0.385. The third-order valence-electron chi connectivity index (χ3n) is 3.59. The molecule has 0 spiro atoms. The molecule has 1 aromatic carbocycles. The highest BCUT2D eigenvalue weighted by Gasteiger charge is 2.15. The number of morpholine rings is 1. The summed E-state index contributed by atoms with van der Waals surface area (Å²) in [6.45, 7) is 4.25. The summed E-state index contributed by atoms with van der Waals surface area (Å²) in [6.07, 6.45) is 0. The molecule has 0 unspecified atom stereocenters. The molecule has 2 heterocycles. The van der Waals surface area contributed by atoms with E-state index < -0.39 is 0 Å². The van der Waals surface area contributed by atoms with E-state index in [9.17, 15) is 0 Å². The highest BCUT2D eigenvalue weighted by molar-refractivity contribution is 5.62. The summed E-state index contributed by atoms with van der Waals surface area (Å²) in [4.78, 5) is 2.35. The molecule has 6 heteroatoms. The number of methoxy groups -OCH3 is 1. The molecule has 1 aliphatic heterocycles. The summed E-state index contributed by atoms with van der Waals surface area (Å²) in [6, 6.07) is 7.68. The summed E-state index contributed by atoms with van der Waals surface area (Å²) in [5, 5.41) is 3.73. The molecule has 0 bridgehead atoms. The van der Waals surface area contributed by atoms with Crippen LogP contribution in [0.2, 0.25) is 0 Å². The van der Waals surface area contributed by atoms with Crippen molar-refractivity contribution in [3.8, 4) is 17.1 Å². The molecule has 0 radical (unpaired) electrons. The van der Waals surface area contributed by atoms with Gasteiger partial charge in [-0.15, -0.1) is 0 Å². The summed E-state index contributed by atoms with van der Waals surface area (Å²) in [7, 11) is 1.68. The van der Waals surface area contributed by atoms with Crippen LogP contribution in [0.15, 0.2) is 28.8 Å². The van der Waals surface area contributed by atoms with E-state index in [1.165, 1.54) is 0 Å². The van der Waals surface area contributed by atoms with Crippen LogP contribution in [-0.2, 0) is 11.3 Å². The predicted octanol–water partition coefficient (Wildman–Crippen LogP) is 1.76. The van der Waals surface area contributed by atoms with Crippen molar-refractivity contribution in [1.29, 1.82) is 0 Å². The molecule has 1 aliphatic rings. The van der Waals surface area contributed by atoms with Gasteiger partial charge >= 0.3 is 0 Å². The highest BCUT2D eigenvalue weighted by Crippen LogP contribution is 2.28. The second-order valence-electron chi connectivity index (χ2n) is 5.03. The van der Waals surface area contributed by atoms with Gasteiger partial charge in [0.1, 0.15) is 5.75 Å². The van der Waals surface area contributed by atoms with Gasteiger partial charge in [-0.1, -0.05) is 5.16 Å². The van der Waals surface area contributed by atoms with Crippen LogP contribution in [0.1, 0.15) is 5.56 Å². The molecule has 112 valence electrons. The maximum Gasteiger partial charge on any atom is 0.169 e. The van der Waals surface area contributed by atoms with Crippen LogP contribution in [-0.4, -0.2) is 43.5 Å². The monoisotopic (exact) mass is 289 g/mol. The van der Waals surface area contributed by atoms with E-state index in [-0.39, 0.29) is 0 Å². The maximum atomic E-state index is 5.61.